The Morgan fingerprint density at radius 1 is 1.29 bits per heavy atom. The molecule has 0 atom stereocenters. The molecule has 1 aromatic rings. The van der Waals surface area contributed by atoms with Crippen molar-refractivity contribution in [2.24, 2.45) is 5.92 Å². The Balaban J connectivity index is 2.81. The maximum Gasteiger partial charge on any atom is 0.341 e. The summed E-state index contributed by atoms with van der Waals surface area (Å²) in [6, 6.07) is 4.66. The first-order valence-corrected chi connectivity index (χ1v) is 5.88. The van der Waals surface area contributed by atoms with Gasteiger partial charge in [0.05, 0.1) is 12.2 Å². The first-order chi connectivity index (χ1) is 7.91. The van der Waals surface area contributed by atoms with E-state index in [1.165, 1.54) is 12.1 Å². The zero-order valence-corrected chi connectivity index (χ0v) is 10.8. The Morgan fingerprint density at radius 2 is 1.94 bits per heavy atom. The third kappa shape index (κ3) is 3.84. The Kier molecular flexibility index (Phi) is 4.67. The molecule has 0 N–H and O–H groups in total. The number of esters is 1. The van der Waals surface area contributed by atoms with Crippen molar-refractivity contribution >= 4 is 5.97 Å². The van der Waals surface area contributed by atoms with Gasteiger partial charge >= 0.3 is 5.97 Å². The van der Waals surface area contributed by atoms with Gasteiger partial charge in [0.1, 0.15) is 5.82 Å². The molecule has 0 bridgehead atoms. The normalized spacial score (nSPS) is 11.0. The standard InChI is InChI=1S/C14H19FO2/c1-9(2)8-17-14(16)12-6-5-11(10(3)4)7-13(12)15/h5-7,9-10H,8H2,1-4H3. The van der Waals surface area contributed by atoms with E-state index in [-0.39, 0.29) is 17.4 Å². The molecule has 0 heterocycles. The average molecular weight is 238 g/mol. The van der Waals surface area contributed by atoms with E-state index >= 15 is 0 Å². The molecule has 3 heteroatoms. The van der Waals surface area contributed by atoms with Gasteiger partial charge in [0, 0.05) is 0 Å². The first kappa shape index (κ1) is 13.7. The van der Waals surface area contributed by atoms with E-state index < -0.39 is 11.8 Å². The van der Waals surface area contributed by atoms with E-state index in [1.54, 1.807) is 6.07 Å². The molecule has 0 radical (unpaired) electrons. The molecule has 1 aromatic carbocycles. The van der Waals surface area contributed by atoms with Gasteiger partial charge < -0.3 is 4.74 Å². The lowest BCUT2D eigenvalue weighted by Crippen LogP contribution is -2.12. The minimum absolute atomic E-state index is 0.00931. The van der Waals surface area contributed by atoms with Crippen molar-refractivity contribution in [3.8, 4) is 0 Å². The molecule has 0 amide bonds. The van der Waals surface area contributed by atoms with Crippen molar-refractivity contribution in [1.82, 2.24) is 0 Å². The highest BCUT2D eigenvalue weighted by Gasteiger charge is 2.14. The molecule has 0 aliphatic rings. The lowest BCUT2D eigenvalue weighted by Gasteiger charge is -2.10. The van der Waals surface area contributed by atoms with Crippen LogP contribution >= 0.6 is 0 Å². The van der Waals surface area contributed by atoms with Crippen molar-refractivity contribution in [2.45, 2.75) is 33.6 Å². The molecule has 2 nitrogen and oxygen atoms in total. The molecule has 94 valence electrons. The molecule has 0 unspecified atom stereocenters. The summed E-state index contributed by atoms with van der Waals surface area (Å²) < 4.78 is 18.7. The summed E-state index contributed by atoms with van der Waals surface area (Å²) >= 11 is 0. The summed E-state index contributed by atoms with van der Waals surface area (Å²) in [6.07, 6.45) is 0. The van der Waals surface area contributed by atoms with Crippen molar-refractivity contribution in [1.29, 1.82) is 0 Å². The highest BCUT2D eigenvalue weighted by atomic mass is 19.1. The van der Waals surface area contributed by atoms with Crippen molar-refractivity contribution in [3.05, 3.63) is 35.1 Å². The Labute approximate surface area is 102 Å². The van der Waals surface area contributed by atoms with E-state index in [2.05, 4.69) is 0 Å². The van der Waals surface area contributed by atoms with Gasteiger partial charge in [-0.15, -0.1) is 0 Å². The maximum atomic E-state index is 13.7. The number of carbonyl (C=O) groups excluding carboxylic acids is 1. The molecule has 0 aliphatic carbocycles. The van der Waals surface area contributed by atoms with Crippen LogP contribution in [0.1, 0.15) is 49.5 Å². The van der Waals surface area contributed by atoms with Gasteiger partial charge in [-0.1, -0.05) is 33.8 Å². The van der Waals surface area contributed by atoms with Crippen LogP contribution in [-0.4, -0.2) is 12.6 Å². The number of hydrogen-bond acceptors (Lipinski definition) is 2. The van der Waals surface area contributed by atoms with E-state index in [4.69, 9.17) is 4.74 Å². The van der Waals surface area contributed by atoms with Crippen molar-refractivity contribution in [2.75, 3.05) is 6.61 Å². The monoisotopic (exact) mass is 238 g/mol. The van der Waals surface area contributed by atoms with Gasteiger partial charge in [0.15, 0.2) is 0 Å². The summed E-state index contributed by atoms with van der Waals surface area (Å²) in [5.41, 5.74) is 0.887. The Bertz CT molecular complexity index is 397. The Hall–Kier alpha value is -1.38. The molecule has 0 aliphatic heterocycles. The third-order valence-electron chi connectivity index (χ3n) is 2.43. The smallest absolute Gasteiger partial charge is 0.341 e. The number of ether oxygens (including phenoxy) is 1. The number of halogens is 1. The van der Waals surface area contributed by atoms with E-state index in [0.29, 0.717) is 6.61 Å². The van der Waals surface area contributed by atoms with Crippen LogP contribution in [-0.2, 0) is 4.74 Å². The second-order valence-electron chi connectivity index (χ2n) is 4.89. The molecule has 17 heavy (non-hydrogen) atoms. The lowest BCUT2D eigenvalue weighted by molar-refractivity contribution is 0.0453. The average Bonchev–Trinajstić information content (AvgIpc) is 2.25. The molecule has 0 saturated heterocycles. The van der Waals surface area contributed by atoms with Gasteiger partial charge in [-0.3, -0.25) is 0 Å². The number of carbonyl (C=O) groups is 1. The highest BCUT2D eigenvalue weighted by Crippen LogP contribution is 2.18. The van der Waals surface area contributed by atoms with Gasteiger partial charge in [0.2, 0.25) is 0 Å². The lowest BCUT2D eigenvalue weighted by atomic mass is 10.0. The van der Waals surface area contributed by atoms with Crippen LogP contribution in [0.5, 0.6) is 0 Å². The fourth-order valence-electron chi connectivity index (χ4n) is 1.38. The van der Waals surface area contributed by atoms with Gasteiger partial charge in [-0.2, -0.15) is 0 Å². The second-order valence-corrected chi connectivity index (χ2v) is 4.89. The molecular formula is C14H19FO2. The first-order valence-electron chi connectivity index (χ1n) is 5.88. The minimum atomic E-state index is -0.591. The SMILES string of the molecule is CC(C)COC(=O)c1ccc(C(C)C)cc1F. The van der Waals surface area contributed by atoms with Gasteiger partial charge in [0.25, 0.3) is 0 Å². The largest absolute Gasteiger partial charge is 0.462 e. The van der Waals surface area contributed by atoms with Crippen LogP contribution < -0.4 is 0 Å². The third-order valence-corrected chi connectivity index (χ3v) is 2.43. The second kappa shape index (κ2) is 5.80. The minimum Gasteiger partial charge on any atom is -0.462 e. The van der Waals surface area contributed by atoms with Gasteiger partial charge in [-0.05, 0) is 29.5 Å². The summed E-state index contributed by atoms with van der Waals surface area (Å²) in [5.74, 6) is -0.612. The molecule has 0 spiro atoms. The fraction of sp³-hybridized carbons (Fsp3) is 0.500. The maximum absolute atomic E-state index is 13.7. The summed E-state index contributed by atoms with van der Waals surface area (Å²) in [7, 11) is 0. The van der Waals surface area contributed by atoms with Crippen LogP contribution in [0.15, 0.2) is 18.2 Å². The van der Waals surface area contributed by atoms with E-state index in [0.717, 1.165) is 5.56 Å². The predicted molar refractivity (Wildman–Crippen MR) is 65.6 cm³/mol. The number of hydrogen-bond donors (Lipinski definition) is 0. The molecule has 1 rings (SSSR count). The summed E-state index contributed by atoms with van der Waals surface area (Å²) in [4.78, 5) is 11.6. The van der Waals surface area contributed by atoms with Crippen LogP contribution in [0, 0.1) is 11.7 Å². The Morgan fingerprint density at radius 3 is 2.41 bits per heavy atom. The fourth-order valence-corrected chi connectivity index (χ4v) is 1.38. The zero-order valence-electron chi connectivity index (χ0n) is 10.8. The van der Waals surface area contributed by atoms with Gasteiger partial charge in [-0.25, -0.2) is 9.18 Å². The van der Waals surface area contributed by atoms with Crippen molar-refractivity contribution < 1.29 is 13.9 Å². The number of benzene rings is 1. The van der Waals surface area contributed by atoms with E-state index in [1.807, 2.05) is 27.7 Å². The number of rotatable bonds is 4. The zero-order chi connectivity index (χ0) is 13.0. The van der Waals surface area contributed by atoms with Crippen LogP contribution in [0.2, 0.25) is 0 Å². The van der Waals surface area contributed by atoms with Crippen molar-refractivity contribution in [3.63, 3.8) is 0 Å². The molecular weight excluding hydrogens is 219 g/mol. The van der Waals surface area contributed by atoms with Crippen LogP contribution in [0.3, 0.4) is 0 Å². The van der Waals surface area contributed by atoms with Crippen LogP contribution in [0.25, 0.3) is 0 Å². The molecule has 0 saturated carbocycles. The molecule has 0 fully saturated rings. The summed E-state index contributed by atoms with van der Waals surface area (Å²) in [6.45, 7) is 8.14. The highest BCUT2D eigenvalue weighted by molar-refractivity contribution is 5.89. The predicted octanol–water partition coefficient (Wildman–Crippen LogP) is 3.76. The summed E-state index contributed by atoms with van der Waals surface area (Å²) in [5, 5.41) is 0. The quantitative estimate of drug-likeness (QED) is 0.746. The topological polar surface area (TPSA) is 26.3 Å². The van der Waals surface area contributed by atoms with Crippen LogP contribution in [0.4, 0.5) is 4.39 Å². The van der Waals surface area contributed by atoms with E-state index in [9.17, 15) is 9.18 Å². The molecule has 0 aromatic heterocycles.